The van der Waals surface area contributed by atoms with Crippen molar-refractivity contribution in [1.82, 2.24) is 0 Å². The molecule has 0 aliphatic heterocycles. The number of hydrogen-bond acceptors (Lipinski definition) is 3. The van der Waals surface area contributed by atoms with E-state index >= 15 is 0 Å². The van der Waals surface area contributed by atoms with Crippen LogP contribution >= 0.6 is 0 Å². The standard InChI is InChI=1S/C14H18O4/c1-3-4-5-8-18-13-7-6-11(10(2)15)9-12(13)14(16)17/h6-7,9H,3-5,8H2,1-2H3,(H,16,17). The van der Waals surface area contributed by atoms with Crippen molar-refractivity contribution in [3.05, 3.63) is 29.3 Å². The zero-order valence-electron chi connectivity index (χ0n) is 10.7. The number of aromatic carboxylic acids is 1. The van der Waals surface area contributed by atoms with Crippen molar-refractivity contribution < 1.29 is 19.4 Å². The van der Waals surface area contributed by atoms with Gasteiger partial charge in [-0.3, -0.25) is 4.79 Å². The average molecular weight is 250 g/mol. The molecule has 0 radical (unpaired) electrons. The number of carboxylic acid groups (broad SMARTS) is 1. The SMILES string of the molecule is CCCCCOc1ccc(C(C)=O)cc1C(=O)O. The minimum atomic E-state index is -1.08. The van der Waals surface area contributed by atoms with E-state index in [1.165, 1.54) is 13.0 Å². The zero-order valence-corrected chi connectivity index (χ0v) is 10.7. The molecule has 0 aromatic heterocycles. The molecule has 4 nitrogen and oxygen atoms in total. The normalized spacial score (nSPS) is 10.1. The van der Waals surface area contributed by atoms with Gasteiger partial charge in [-0.05, 0) is 31.5 Å². The fourth-order valence-electron chi connectivity index (χ4n) is 1.58. The first kappa shape index (κ1) is 14.2. The van der Waals surface area contributed by atoms with Crippen molar-refractivity contribution in [3.8, 4) is 5.75 Å². The third-order valence-corrected chi connectivity index (χ3v) is 2.62. The largest absolute Gasteiger partial charge is 0.493 e. The van der Waals surface area contributed by atoms with Crippen LogP contribution < -0.4 is 4.74 Å². The summed E-state index contributed by atoms with van der Waals surface area (Å²) in [5, 5.41) is 9.08. The van der Waals surface area contributed by atoms with Gasteiger partial charge >= 0.3 is 5.97 Å². The number of benzene rings is 1. The van der Waals surface area contributed by atoms with Crippen molar-refractivity contribution in [1.29, 1.82) is 0 Å². The Hall–Kier alpha value is -1.84. The molecule has 18 heavy (non-hydrogen) atoms. The molecule has 4 heteroatoms. The fourth-order valence-corrected chi connectivity index (χ4v) is 1.58. The van der Waals surface area contributed by atoms with Crippen molar-refractivity contribution in [2.45, 2.75) is 33.1 Å². The van der Waals surface area contributed by atoms with Crippen LogP contribution in [0.15, 0.2) is 18.2 Å². The molecule has 0 bridgehead atoms. The van der Waals surface area contributed by atoms with E-state index in [0.29, 0.717) is 17.9 Å². The number of ketones is 1. The molecule has 1 aromatic rings. The first-order valence-corrected chi connectivity index (χ1v) is 6.07. The Morgan fingerprint density at radius 2 is 2.00 bits per heavy atom. The van der Waals surface area contributed by atoms with E-state index in [4.69, 9.17) is 9.84 Å². The minimum Gasteiger partial charge on any atom is -0.493 e. The smallest absolute Gasteiger partial charge is 0.339 e. The Bertz CT molecular complexity index is 437. The summed E-state index contributed by atoms with van der Waals surface area (Å²) < 4.78 is 5.44. The maximum Gasteiger partial charge on any atom is 0.339 e. The lowest BCUT2D eigenvalue weighted by Crippen LogP contribution is -2.06. The highest BCUT2D eigenvalue weighted by Gasteiger charge is 2.13. The summed E-state index contributed by atoms with van der Waals surface area (Å²) in [5.41, 5.74) is 0.424. The number of unbranched alkanes of at least 4 members (excludes halogenated alkanes) is 2. The van der Waals surface area contributed by atoms with E-state index in [1.807, 2.05) is 0 Å². The van der Waals surface area contributed by atoms with Gasteiger partial charge in [-0.2, -0.15) is 0 Å². The highest BCUT2D eigenvalue weighted by Crippen LogP contribution is 2.21. The number of carbonyl (C=O) groups is 2. The third kappa shape index (κ3) is 3.87. The molecule has 98 valence electrons. The van der Waals surface area contributed by atoms with Crippen LogP contribution in [0.4, 0.5) is 0 Å². The second kappa shape index (κ2) is 6.79. The first-order valence-electron chi connectivity index (χ1n) is 6.07. The lowest BCUT2D eigenvalue weighted by molar-refractivity contribution is 0.0692. The third-order valence-electron chi connectivity index (χ3n) is 2.62. The summed E-state index contributed by atoms with van der Waals surface area (Å²) >= 11 is 0. The molecule has 0 spiro atoms. The van der Waals surface area contributed by atoms with Gasteiger partial charge in [0.15, 0.2) is 5.78 Å². The van der Waals surface area contributed by atoms with E-state index in [1.54, 1.807) is 12.1 Å². The van der Waals surface area contributed by atoms with E-state index in [2.05, 4.69) is 6.92 Å². The van der Waals surface area contributed by atoms with Crippen molar-refractivity contribution in [3.63, 3.8) is 0 Å². The van der Waals surface area contributed by atoms with Crippen LogP contribution in [0.1, 0.15) is 53.8 Å². The molecule has 0 saturated carbocycles. The summed E-state index contributed by atoms with van der Waals surface area (Å²) in [5.74, 6) is -0.915. The van der Waals surface area contributed by atoms with Gasteiger partial charge in [-0.1, -0.05) is 19.8 Å². The summed E-state index contributed by atoms with van der Waals surface area (Å²) in [7, 11) is 0. The van der Waals surface area contributed by atoms with E-state index in [9.17, 15) is 9.59 Å². The molecule has 0 saturated heterocycles. The zero-order chi connectivity index (χ0) is 13.5. The predicted octanol–water partition coefficient (Wildman–Crippen LogP) is 3.16. The Labute approximate surface area is 107 Å². The number of ether oxygens (including phenoxy) is 1. The second-order valence-electron chi connectivity index (χ2n) is 4.13. The Balaban J connectivity index is 2.83. The number of carboxylic acids is 1. The molecular formula is C14H18O4. The van der Waals surface area contributed by atoms with Crippen LogP contribution in [0.25, 0.3) is 0 Å². The molecular weight excluding hydrogens is 232 g/mol. The van der Waals surface area contributed by atoms with Gasteiger partial charge in [0.1, 0.15) is 11.3 Å². The van der Waals surface area contributed by atoms with Gasteiger partial charge in [0.2, 0.25) is 0 Å². The lowest BCUT2D eigenvalue weighted by atomic mass is 10.1. The van der Waals surface area contributed by atoms with E-state index in [-0.39, 0.29) is 11.3 Å². The number of hydrogen-bond donors (Lipinski definition) is 1. The second-order valence-corrected chi connectivity index (χ2v) is 4.13. The summed E-state index contributed by atoms with van der Waals surface area (Å²) in [6.07, 6.45) is 3.02. The molecule has 0 atom stereocenters. The van der Waals surface area contributed by atoms with Gasteiger partial charge in [0.05, 0.1) is 6.61 Å². The highest BCUT2D eigenvalue weighted by molar-refractivity contribution is 5.98. The predicted molar refractivity (Wildman–Crippen MR) is 68.4 cm³/mol. The van der Waals surface area contributed by atoms with Crippen LogP contribution in [-0.4, -0.2) is 23.5 Å². The Morgan fingerprint density at radius 3 is 2.56 bits per heavy atom. The molecule has 1 rings (SSSR count). The topological polar surface area (TPSA) is 63.6 Å². The fraction of sp³-hybridized carbons (Fsp3) is 0.429. The monoisotopic (exact) mass is 250 g/mol. The molecule has 1 aromatic carbocycles. The quantitative estimate of drug-likeness (QED) is 0.596. The van der Waals surface area contributed by atoms with Crippen molar-refractivity contribution >= 4 is 11.8 Å². The maximum atomic E-state index is 11.2. The van der Waals surface area contributed by atoms with Crippen LogP contribution in [0.2, 0.25) is 0 Å². The molecule has 1 N–H and O–H groups in total. The van der Waals surface area contributed by atoms with E-state index < -0.39 is 5.97 Å². The first-order chi connectivity index (χ1) is 8.56. The molecule has 0 aliphatic rings. The number of Topliss-reactive ketones (excluding diaryl/α,β-unsaturated/α-hetero) is 1. The minimum absolute atomic E-state index is 0.0409. The number of rotatable bonds is 7. The van der Waals surface area contributed by atoms with E-state index in [0.717, 1.165) is 19.3 Å². The van der Waals surface area contributed by atoms with Crippen LogP contribution in [0.3, 0.4) is 0 Å². The van der Waals surface area contributed by atoms with Crippen LogP contribution in [0, 0.1) is 0 Å². The summed E-state index contributed by atoms with van der Waals surface area (Å²) in [6.45, 7) is 3.99. The van der Waals surface area contributed by atoms with Crippen LogP contribution in [-0.2, 0) is 0 Å². The summed E-state index contributed by atoms with van der Waals surface area (Å²) in [6, 6.07) is 4.50. The Morgan fingerprint density at radius 1 is 1.28 bits per heavy atom. The van der Waals surface area contributed by atoms with Gasteiger partial charge in [-0.15, -0.1) is 0 Å². The maximum absolute atomic E-state index is 11.2. The summed E-state index contributed by atoms with van der Waals surface area (Å²) in [4.78, 5) is 22.3. The highest BCUT2D eigenvalue weighted by atomic mass is 16.5. The van der Waals surface area contributed by atoms with Crippen molar-refractivity contribution in [2.24, 2.45) is 0 Å². The molecule has 0 heterocycles. The van der Waals surface area contributed by atoms with Gasteiger partial charge in [-0.25, -0.2) is 4.79 Å². The van der Waals surface area contributed by atoms with Gasteiger partial charge < -0.3 is 9.84 Å². The molecule has 0 fully saturated rings. The van der Waals surface area contributed by atoms with Crippen molar-refractivity contribution in [2.75, 3.05) is 6.61 Å². The lowest BCUT2D eigenvalue weighted by Gasteiger charge is -2.09. The average Bonchev–Trinajstić information content (AvgIpc) is 2.34. The van der Waals surface area contributed by atoms with Crippen LogP contribution in [0.5, 0.6) is 5.75 Å². The molecule has 0 unspecified atom stereocenters. The molecule has 0 aliphatic carbocycles. The Kier molecular flexibility index (Phi) is 5.36. The van der Waals surface area contributed by atoms with Gasteiger partial charge in [0, 0.05) is 5.56 Å². The van der Waals surface area contributed by atoms with Gasteiger partial charge in [0.25, 0.3) is 0 Å². The number of carbonyl (C=O) groups excluding carboxylic acids is 1. The molecule has 0 amide bonds.